The molecule has 1 saturated heterocycles. The van der Waals surface area contributed by atoms with Crippen LogP contribution in [0.3, 0.4) is 0 Å². The maximum Gasteiger partial charge on any atom is 0.322 e. The Kier molecular flexibility index (Phi) is 4.33. The lowest BCUT2D eigenvalue weighted by molar-refractivity contribution is 0.206. The first-order valence-electron chi connectivity index (χ1n) is 7.96. The molecule has 0 spiro atoms. The number of amides is 2. The van der Waals surface area contributed by atoms with E-state index in [-0.39, 0.29) is 17.9 Å². The quantitative estimate of drug-likeness (QED) is 0.848. The first-order chi connectivity index (χ1) is 11.1. The molecule has 0 radical (unpaired) electrons. The van der Waals surface area contributed by atoms with Crippen molar-refractivity contribution in [3.8, 4) is 0 Å². The van der Waals surface area contributed by atoms with Gasteiger partial charge in [0.15, 0.2) is 0 Å². The second-order valence-electron chi connectivity index (χ2n) is 6.05. The highest BCUT2D eigenvalue weighted by Gasteiger charge is 2.31. The maximum atomic E-state index is 14.1. The summed E-state index contributed by atoms with van der Waals surface area (Å²) in [5.41, 5.74) is 3.60. The van der Waals surface area contributed by atoms with E-state index in [1.165, 1.54) is 6.07 Å². The molecule has 1 fully saturated rings. The van der Waals surface area contributed by atoms with E-state index in [9.17, 15) is 9.18 Å². The molecule has 3 nitrogen and oxygen atoms in total. The van der Waals surface area contributed by atoms with Crippen LogP contribution in [0.1, 0.15) is 35.6 Å². The van der Waals surface area contributed by atoms with Gasteiger partial charge in [0.05, 0.1) is 6.04 Å². The zero-order valence-electron chi connectivity index (χ0n) is 13.5. The van der Waals surface area contributed by atoms with Crippen molar-refractivity contribution in [2.75, 3.05) is 11.9 Å². The Hall–Kier alpha value is -2.36. The Bertz CT molecular complexity index is 729. The van der Waals surface area contributed by atoms with E-state index >= 15 is 0 Å². The van der Waals surface area contributed by atoms with Gasteiger partial charge in [-0.15, -0.1) is 0 Å². The summed E-state index contributed by atoms with van der Waals surface area (Å²) in [6.07, 6.45) is 1.68. The highest BCUT2D eigenvalue weighted by Crippen LogP contribution is 2.34. The van der Waals surface area contributed by atoms with Gasteiger partial charge in [-0.3, -0.25) is 0 Å². The van der Waals surface area contributed by atoms with Crippen molar-refractivity contribution in [3.05, 3.63) is 65.0 Å². The lowest BCUT2D eigenvalue weighted by Gasteiger charge is -2.26. The van der Waals surface area contributed by atoms with Gasteiger partial charge in [-0.05, 0) is 49.9 Å². The molecule has 23 heavy (non-hydrogen) atoms. The van der Waals surface area contributed by atoms with Crippen molar-refractivity contribution in [1.82, 2.24) is 4.90 Å². The van der Waals surface area contributed by atoms with Crippen molar-refractivity contribution in [2.45, 2.75) is 32.7 Å². The van der Waals surface area contributed by atoms with Crippen LogP contribution < -0.4 is 5.32 Å². The molecular formula is C19H21FN2O. The second kappa shape index (κ2) is 6.41. The molecule has 1 aliphatic rings. The number of urea groups is 1. The number of rotatable bonds is 2. The number of halogens is 1. The number of anilines is 1. The number of aryl methyl sites for hydroxylation is 1. The van der Waals surface area contributed by atoms with Crippen LogP contribution in [0.15, 0.2) is 42.5 Å². The molecule has 1 atom stereocenters. The first kappa shape index (κ1) is 15.5. The molecular weight excluding hydrogens is 291 g/mol. The fraction of sp³-hybridized carbons (Fsp3) is 0.316. The van der Waals surface area contributed by atoms with Crippen LogP contribution in [0.25, 0.3) is 0 Å². The van der Waals surface area contributed by atoms with E-state index < -0.39 is 0 Å². The van der Waals surface area contributed by atoms with E-state index in [0.29, 0.717) is 12.1 Å². The summed E-state index contributed by atoms with van der Waals surface area (Å²) in [5, 5.41) is 2.98. The average Bonchev–Trinajstić information content (AvgIpc) is 3.02. The van der Waals surface area contributed by atoms with E-state index in [1.807, 2.05) is 38.1 Å². The minimum Gasteiger partial charge on any atom is -0.317 e. The largest absolute Gasteiger partial charge is 0.322 e. The fourth-order valence-electron chi connectivity index (χ4n) is 3.15. The lowest BCUT2D eigenvalue weighted by Crippen LogP contribution is -2.35. The van der Waals surface area contributed by atoms with Crippen molar-refractivity contribution in [1.29, 1.82) is 0 Å². The highest BCUT2D eigenvalue weighted by molar-refractivity contribution is 5.90. The van der Waals surface area contributed by atoms with E-state index in [4.69, 9.17) is 0 Å². The van der Waals surface area contributed by atoms with Gasteiger partial charge in [0.25, 0.3) is 0 Å². The maximum absolute atomic E-state index is 14.1. The average molecular weight is 312 g/mol. The molecule has 1 heterocycles. The van der Waals surface area contributed by atoms with Gasteiger partial charge >= 0.3 is 6.03 Å². The summed E-state index contributed by atoms with van der Waals surface area (Å²) in [5.74, 6) is -0.246. The van der Waals surface area contributed by atoms with Crippen LogP contribution in [0, 0.1) is 19.7 Å². The summed E-state index contributed by atoms with van der Waals surface area (Å²) in [4.78, 5) is 14.4. The number of likely N-dealkylation sites (tertiary alicyclic amines) is 1. The minimum absolute atomic E-state index is 0.163. The summed E-state index contributed by atoms with van der Waals surface area (Å²) >= 11 is 0. The topological polar surface area (TPSA) is 32.3 Å². The molecule has 2 aromatic rings. The monoisotopic (exact) mass is 312 g/mol. The van der Waals surface area contributed by atoms with Gasteiger partial charge in [0.1, 0.15) is 5.82 Å². The van der Waals surface area contributed by atoms with Crippen LogP contribution in [-0.4, -0.2) is 17.5 Å². The number of nitrogens with zero attached hydrogens (tertiary/aromatic N) is 1. The zero-order chi connectivity index (χ0) is 16.4. The van der Waals surface area contributed by atoms with Gasteiger partial charge in [-0.2, -0.15) is 0 Å². The van der Waals surface area contributed by atoms with E-state index in [2.05, 4.69) is 5.32 Å². The number of carbonyl (C=O) groups is 1. The summed E-state index contributed by atoms with van der Waals surface area (Å²) in [7, 11) is 0. The predicted molar refractivity (Wildman–Crippen MR) is 90.0 cm³/mol. The molecule has 2 aromatic carbocycles. The fourth-order valence-corrected chi connectivity index (χ4v) is 3.15. The minimum atomic E-state index is -0.246. The Morgan fingerprint density at radius 1 is 1.17 bits per heavy atom. The first-order valence-corrected chi connectivity index (χ1v) is 7.96. The number of hydrogen-bond acceptors (Lipinski definition) is 1. The molecule has 2 amide bonds. The Morgan fingerprint density at radius 2 is 1.96 bits per heavy atom. The Morgan fingerprint density at radius 3 is 2.74 bits per heavy atom. The van der Waals surface area contributed by atoms with Gasteiger partial charge in [0.2, 0.25) is 0 Å². The van der Waals surface area contributed by atoms with Crippen molar-refractivity contribution in [2.24, 2.45) is 0 Å². The molecule has 0 aromatic heterocycles. The molecule has 3 rings (SSSR count). The third kappa shape index (κ3) is 3.07. The van der Waals surface area contributed by atoms with Crippen molar-refractivity contribution in [3.63, 3.8) is 0 Å². The summed E-state index contributed by atoms with van der Waals surface area (Å²) in [6, 6.07) is 12.2. The van der Waals surface area contributed by atoms with Crippen LogP contribution >= 0.6 is 0 Å². The molecule has 0 saturated carbocycles. The van der Waals surface area contributed by atoms with Crippen LogP contribution in [0.4, 0.5) is 14.9 Å². The standard InChI is InChI=1S/C19H21FN2O/c1-13-7-5-10-17(14(13)2)21-19(23)22-12-6-11-18(22)15-8-3-4-9-16(15)20/h3-5,7-10,18H,6,11-12H2,1-2H3,(H,21,23)/t18-/m1/s1. The van der Waals surface area contributed by atoms with Gasteiger partial charge in [-0.25, -0.2) is 9.18 Å². The predicted octanol–water partition coefficient (Wildman–Crippen LogP) is 4.81. The number of nitrogens with one attached hydrogen (secondary N) is 1. The van der Waals surface area contributed by atoms with Crippen LogP contribution in [-0.2, 0) is 0 Å². The van der Waals surface area contributed by atoms with Crippen molar-refractivity contribution >= 4 is 11.7 Å². The second-order valence-corrected chi connectivity index (χ2v) is 6.05. The summed E-state index contributed by atoms with van der Waals surface area (Å²) in [6.45, 7) is 4.65. The molecule has 120 valence electrons. The molecule has 4 heteroatoms. The Labute approximate surface area is 136 Å². The number of carbonyl (C=O) groups excluding carboxylic acids is 1. The Balaban J connectivity index is 1.81. The third-order valence-corrected chi connectivity index (χ3v) is 4.62. The number of hydrogen-bond donors (Lipinski definition) is 1. The zero-order valence-corrected chi connectivity index (χ0v) is 13.5. The highest BCUT2D eigenvalue weighted by atomic mass is 19.1. The SMILES string of the molecule is Cc1cccc(NC(=O)N2CCC[C@@H]2c2ccccc2F)c1C. The normalized spacial score (nSPS) is 17.3. The van der Waals surface area contributed by atoms with E-state index in [1.54, 1.807) is 17.0 Å². The molecule has 1 aliphatic heterocycles. The van der Waals surface area contributed by atoms with Gasteiger partial charge < -0.3 is 10.2 Å². The molecule has 0 aliphatic carbocycles. The van der Waals surface area contributed by atoms with Gasteiger partial charge in [-0.1, -0.05) is 30.3 Å². The lowest BCUT2D eigenvalue weighted by atomic mass is 10.0. The van der Waals surface area contributed by atoms with E-state index in [0.717, 1.165) is 29.7 Å². The third-order valence-electron chi connectivity index (χ3n) is 4.62. The summed E-state index contributed by atoms with van der Waals surface area (Å²) < 4.78 is 14.1. The van der Waals surface area contributed by atoms with Crippen LogP contribution in [0.2, 0.25) is 0 Å². The smallest absolute Gasteiger partial charge is 0.317 e. The van der Waals surface area contributed by atoms with Crippen molar-refractivity contribution < 1.29 is 9.18 Å². The van der Waals surface area contributed by atoms with Crippen LogP contribution in [0.5, 0.6) is 0 Å². The molecule has 0 unspecified atom stereocenters. The molecule has 1 N–H and O–H groups in total. The molecule has 0 bridgehead atoms. The van der Waals surface area contributed by atoms with Gasteiger partial charge in [0, 0.05) is 17.8 Å². The number of benzene rings is 2.